The zero-order chi connectivity index (χ0) is 16.7. The number of nitrogens with one attached hydrogen (secondary N) is 3. The standard InChI is InChI=1S/C17H19N5O2/c1-10-9-22-13(8-18-10)7-15(21-22)17(24)19-12-4-2-11-3-5-16(23)20-14(11)6-12/h2,4,6-7,10,18H,3,5,8-9H2,1H3,(H,19,24)(H,20,23). The van der Waals surface area contributed by atoms with E-state index in [1.54, 1.807) is 6.07 Å². The van der Waals surface area contributed by atoms with Crippen LogP contribution >= 0.6 is 0 Å². The Morgan fingerprint density at radius 3 is 3.08 bits per heavy atom. The van der Waals surface area contributed by atoms with Crippen LogP contribution in [0.1, 0.15) is 35.1 Å². The monoisotopic (exact) mass is 325 g/mol. The normalized spacial score (nSPS) is 19.2. The summed E-state index contributed by atoms with van der Waals surface area (Å²) in [5.74, 6) is -0.235. The van der Waals surface area contributed by atoms with Crippen LogP contribution in [-0.4, -0.2) is 27.6 Å². The second kappa shape index (κ2) is 5.76. The van der Waals surface area contributed by atoms with Gasteiger partial charge in [0.25, 0.3) is 5.91 Å². The van der Waals surface area contributed by atoms with Crippen LogP contribution in [0.25, 0.3) is 0 Å². The summed E-state index contributed by atoms with van der Waals surface area (Å²) in [6.45, 7) is 3.56. The molecule has 1 unspecified atom stereocenters. The molecule has 2 aromatic rings. The molecule has 0 radical (unpaired) electrons. The molecular formula is C17H19N5O2. The maximum atomic E-state index is 12.5. The molecule has 24 heavy (non-hydrogen) atoms. The van der Waals surface area contributed by atoms with Crippen molar-refractivity contribution in [1.29, 1.82) is 0 Å². The predicted octanol–water partition coefficient (Wildman–Crippen LogP) is 1.51. The maximum absolute atomic E-state index is 12.5. The highest BCUT2D eigenvalue weighted by Gasteiger charge is 2.20. The van der Waals surface area contributed by atoms with Crippen LogP contribution < -0.4 is 16.0 Å². The molecule has 2 aliphatic rings. The molecule has 0 aliphatic carbocycles. The molecule has 7 nitrogen and oxygen atoms in total. The Bertz CT molecular complexity index is 826. The van der Waals surface area contributed by atoms with Gasteiger partial charge in [-0.15, -0.1) is 0 Å². The number of aryl methyl sites for hydroxylation is 1. The summed E-state index contributed by atoms with van der Waals surface area (Å²) in [4.78, 5) is 24.0. The summed E-state index contributed by atoms with van der Waals surface area (Å²) < 4.78 is 1.88. The Morgan fingerprint density at radius 2 is 2.21 bits per heavy atom. The number of carbonyl (C=O) groups is 2. The van der Waals surface area contributed by atoms with Crippen molar-refractivity contribution < 1.29 is 9.59 Å². The smallest absolute Gasteiger partial charge is 0.276 e. The van der Waals surface area contributed by atoms with E-state index in [0.29, 0.717) is 30.4 Å². The lowest BCUT2D eigenvalue weighted by molar-refractivity contribution is -0.116. The zero-order valence-corrected chi connectivity index (χ0v) is 13.4. The Labute approximate surface area is 139 Å². The van der Waals surface area contributed by atoms with E-state index in [4.69, 9.17) is 0 Å². The fourth-order valence-electron chi connectivity index (χ4n) is 3.11. The van der Waals surface area contributed by atoms with Crippen molar-refractivity contribution in [2.24, 2.45) is 0 Å². The van der Waals surface area contributed by atoms with Gasteiger partial charge in [0.15, 0.2) is 5.69 Å². The van der Waals surface area contributed by atoms with Gasteiger partial charge < -0.3 is 16.0 Å². The minimum absolute atomic E-state index is 0.00868. The largest absolute Gasteiger partial charge is 0.326 e. The zero-order valence-electron chi connectivity index (χ0n) is 13.4. The first-order chi connectivity index (χ1) is 11.6. The van der Waals surface area contributed by atoms with Crippen molar-refractivity contribution in [3.63, 3.8) is 0 Å². The number of rotatable bonds is 2. The van der Waals surface area contributed by atoms with Gasteiger partial charge in [-0.1, -0.05) is 6.07 Å². The highest BCUT2D eigenvalue weighted by atomic mass is 16.2. The molecule has 0 saturated carbocycles. The van der Waals surface area contributed by atoms with Gasteiger partial charge in [0.2, 0.25) is 5.91 Å². The summed E-state index contributed by atoms with van der Waals surface area (Å²) in [5.41, 5.74) is 3.92. The molecular weight excluding hydrogens is 306 g/mol. The summed E-state index contributed by atoms with van der Waals surface area (Å²) in [6.07, 6.45) is 1.24. The minimum atomic E-state index is -0.244. The highest BCUT2D eigenvalue weighted by Crippen LogP contribution is 2.26. The van der Waals surface area contributed by atoms with Crippen LogP contribution in [0.4, 0.5) is 11.4 Å². The Kier molecular flexibility index (Phi) is 3.57. The van der Waals surface area contributed by atoms with Gasteiger partial charge in [-0.3, -0.25) is 14.3 Å². The number of benzene rings is 1. The van der Waals surface area contributed by atoms with Gasteiger partial charge in [-0.05, 0) is 37.1 Å². The molecule has 1 aromatic carbocycles. The van der Waals surface area contributed by atoms with Crippen LogP contribution in [0.2, 0.25) is 0 Å². The molecule has 2 amide bonds. The fourth-order valence-corrected chi connectivity index (χ4v) is 3.11. The first-order valence-electron chi connectivity index (χ1n) is 8.13. The molecule has 2 aliphatic heterocycles. The highest BCUT2D eigenvalue weighted by molar-refractivity contribution is 6.03. The van der Waals surface area contributed by atoms with Crippen LogP contribution in [-0.2, 0) is 24.3 Å². The molecule has 0 saturated heterocycles. The topological polar surface area (TPSA) is 88.1 Å². The van der Waals surface area contributed by atoms with Gasteiger partial charge >= 0.3 is 0 Å². The van der Waals surface area contributed by atoms with Crippen LogP contribution in [0.3, 0.4) is 0 Å². The number of amides is 2. The van der Waals surface area contributed by atoms with Crippen LogP contribution in [0, 0.1) is 0 Å². The predicted molar refractivity (Wildman–Crippen MR) is 89.9 cm³/mol. The molecule has 0 bridgehead atoms. The summed E-state index contributed by atoms with van der Waals surface area (Å²) >= 11 is 0. The number of hydrogen-bond acceptors (Lipinski definition) is 4. The first-order valence-corrected chi connectivity index (χ1v) is 8.13. The maximum Gasteiger partial charge on any atom is 0.276 e. The van der Waals surface area contributed by atoms with Gasteiger partial charge in [0.05, 0.1) is 12.2 Å². The number of fused-ring (bicyclic) bond motifs is 2. The van der Waals surface area contributed by atoms with E-state index in [1.807, 2.05) is 22.9 Å². The molecule has 7 heteroatoms. The lowest BCUT2D eigenvalue weighted by atomic mass is 10.0. The van der Waals surface area contributed by atoms with E-state index in [2.05, 4.69) is 28.0 Å². The Morgan fingerprint density at radius 1 is 1.33 bits per heavy atom. The summed E-state index contributed by atoms with van der Waals surface area (Å²) in [6, 6.07) is 7.75. The van der Waals surface area contributed by atoms with Gasteiger partial charge in [-0.2, -0.15) is 5.10 Å². The molecule has 0 fully saturated rings. The van der Waals surface area contributed by atoms with Crippen molar-refractivity contribution >= 4 is 23.2 Å². The molecule has 3 heterocycles. The average Bonchev–Trinajstić information content (AvgIpc) is 2.97. The van der Waals surface area contributed by atoms with E-state index in [1.165, 1.54) is 0 Å². The van der Waals surface area contributed by atoms with Gasteiger partial charge in [0.1, 0.15) is 0 Å². The third-order valence-corrected chi connectivity index (χ3v) is 4.44. The second-order valence-electron chi connectivity index (χ2n) is 6.36. The van der Waals surface area contributed by atoms with E-state index in [-0.39, 0.29) is 11.8 Å². The Balaban J connectivity index is 1.52. The van der Waals surface area contributed by atoms with Gasteiger partial charge in [-0.25, -0.2) is 0 Å². The molecule has 4 rings (SSSR count). The van der Waals surface area contributed by atoms with E-state index >= 15 is 0 Å². The summed E-state index contributed by atoms with van der Waals surface area (Å²) in [7, 11) is 0. The summed E-state index contributed by atoms with van der Waals surface area (Å²) in [5, 5.41) is 13.4. The third kappa shape index (κ3) is 2.78. The molecule has 1 aromatic heterocycles. The molecule has 0 spiro atoms. The fraction of sp³-hybridized carbons (Fsp3) is 0.353. The van der Waals surface area contributed by atoms with Crippen molar-refractivity contribution in [1.82, 2.24) is 15.1 Å². The minimum Gasteiger partial charge on any atom is -0.326 e. The van der Waals surface area contributed by atoms with Crippen molar-refractivity contribution in [3.8, 4) is 0 Å². The van der Waals surface area contributed by atoms with E-state index in [9.17, 15) is 9.59 Å². The SMILES string of the molecule is CC1Cn2nc(C(=O)Nc3ccc4c(c3)NC(=O)CC4)cc2CN1. The number of aromatic nitrogens is 2. The quantitative estimate of drug-likeness (QED) is 0.781. The van der Waals surface area contributed by atoms with Gasteiger partial charge in [0, 0.05) is 30.4 Å². The number of nitrogens with zero attached hydrogens (tertiary/aromatic N) is 2. The Hall–Kier alpha value is -2.67. The number of anilines is 2. The van der Waals surface area contributed by atoms with Crippen molar-refractivity contribution in [2.75, 3.05) is 10.6 Å². The third-order valence-electron chi connectivity index (χ3n) is 4.44. The lowest BCUT2D eigenvalue weighted by Crippen LogP contribution is -2.36. The molecule has 1 atom stereocenters. The molecule has 124 valence electrons. The van der Waals surface area contributed by atoms with E-state index < -0.39 is 0 Å². The average molecular weight is 325 g/mol. The first kappa shape index (κ1) is 14.9. The lowest BCUT2D eigenvalue weighted by Gasteiger charge is -2.21. The molecule has 3 N–H and O–H groups in total. The van der Waals surface area contributed by atoms with Crippen molar-refractivity contribution in [3.05, 3.63) is 41.2 Å². The van der Waals surface area contributed by atoms with Crippen LogP contribution in [0.15, 0.2) is 24.3 Å². The van der Waals surface area contributed by atoms with Crippen molar-refractivity contribution in [2.45, 2.75) is 38.9 Å². The number of carbonyl (C=O) groups excluding carboxylic acids is 2. The van der Waals surface area contributed by atoms with E-state index in [0.717, 1.165) is 29.9 Å². The van der Waals surface area contributed by atoms with Crippen LogP contribution in [0.5, 0.6) is 0 Å². The number of hydrogen-bond donors (Lipinski definition) is 3. The second-order valence-corrected chi connectivity index (χ2v) is 6.36.